The Bertz CT molecular complexity index is 748. The fraction of sp³-hybridized carbons (Fsp3) is 0.143. The summed E-state index contributed by atoms with van der Waals surface area (Å²) in [6, 6.07) is 8.26. The first-order valence-corrected chi connectivity index (χ1v) is 7.91. The van der Waals surface area contributed by atoms with Crippen molar-refractivity contribution in [1.82, 2.24) is 0 Å². The molecule has 0 aromatic heterocycles. The summed E-state index contributed by atoms with van der Waals surface area (Å²) in [5.41, 5.74) is 0.319. The van der Waals surface area contributed by atoms with Crippen molar-refractivity contribution in [2.75, 3.05) is 10.8 Å². The van der Waals surface area contributed by atoms with E-state index in [-0.39, 0.29) is 16.5 Å². The van der Waals surface area contributed by atoms with E-state index in [1.165, 1.54) is 24.3 Å². The van der Waals surface area contributed by atoms with Crippen LogP contribution in [0.25, 0.3) is 0 Å². The first-order valence-electron chi connectivity index (χ1n) is 6.09. The van der Waals surface area contributed by atoms with E-state index in [1.54, 1.807) is 6.92 Å². The van der Waals surface area contributed by atoms with Gasteiger partial charge in [0, 0.05) is 6.54 Å². The normalized spacial score (nSPS) is 11.4. The van der Waals surface area contributed by atoms with Gasteiger partial charge in [0.05, 0.1) is 15.6 Å². The van der Waals surface area contributed by atoms with Crippen molar-refractivity contribution in [3.05, 3.63) is 59.1 Å². The molecule has 0 unspecified atom stereocenters. The second-order valence-corrected chi connectivity index (χ2v) is 6.49. The highest BCUT2D eigenvalue weighted by Gasteiger charge is 2.24. The molecule has 21 heavy (non-hydrogen) atoms. The first kappa shape index (κ1) is 15.7. The minimum absolute atomic E-state index is 0.125. The molecule has 0 heterocycles. The highest BCUT2D eigenvalue weighted by Crippen LogP contribution is 2.26. The van der Waals surface area contributed by atoms with E-state index in [0.717, 1.165) is 22.5 Å². The van der Waals surface area contributed by atoms with Gasteiger partial charge in [-0.15, -0.1) is 0 Å². The molecule has 0 aliphatic heterocycles. The van der Waals surface area contributed by atoms with Gasteiger partial charge in [0.25, 0.3) is 10.0 Å². The van der Waals surface area contributed by atoms with Gasteiger partial charge in [0.2, 0.25) is 0 Å². The van der Waals surface area contributed by atoms with E-state index in [0.29, 0.717) is 5.69 Å². The van der Waals surface area contributed by atoms with Gasteiger partial charge in [0.1, 0.15) is 11.6 Å². The van der Waals surface area contributed by atoms with Gasteiger partial charge in [-0.1, -0.05) is 11.6 Å². The van der Waals surface area contributed by atoms with Crippen LogP contribution in [0.3, 0.4) is 0 Å². The summed E-state index contributed by atoms with van der Waals surface area (Å²) in [6.45, 7) is 1.79. The monoisotopic (exact) mass is 331 g/mol. The number of nitrogens with zero attached hydrogens (tertiary/aromatic N) is 1. The quantitative estimate of drug-likeness (QED) is 0.853. The Hall–Kier alpha value is -1.66. The zero-order valence-corrected chi connectivity index (χ0v) is 12.6. The number of benzene rings is 2. The van der Waals surface area contributed by atoms with E-state index in [9.17, 15) is 17.2 Å². The van der Waals surface area contributed by atoms with Crippen LogP contribution in [0.1, 0.15) is 6.92 Å². The molecule has 3 nitrogen and oxygen atoms in total. The number of hydrogen-bond donors (Lipinski definition) is 0. The minimum atomic E-state index is -3.90. The predicted octanol–water partition coefficient (Wildman–Crippen LogP) is 3.83. The van der Waals surface area contributed by atoms with Crippen molar-refractivity contribution < 1.29 is 17.2 Å². The maximum atomic E-state index is 13.2. The number of sulfonamides is 1. The van der Waals surface area contributed by atoms with Crippen LogP contribution in [-0.2, 0) is 10.0 Å². The second-order valence-electron chi connectivity index (χ2n) is 4.22. The lowest BCUT2D eigenvalue weighted by atomic mass is 10.3. The summed E-state index contributed by atoms with van der Waals surface area (Å²) in [7, 11) is -3.90. The van der Waals surface area contributed by atoms with Crippen molar-refractivity contribution in [2.45, 2.75) is 11.8 Å². The summed E-state index contributed by atoms with van der Waals surface area (Å²) >= 11 is 5.63. The van der Waals surface area contributed by atoms with Gasteiger partial charge >= 0.3 is 0 Å². The van der Waals surface area contributed by atoms with Crippen molar-refractivity contribution >= 4 is 27.3 Å². The first-order chi connectivity index (χ1) is 9.86. The van der Waals surface area contributed by atoms with E-state index >= 15 is 0 Å². The summed E-state index contributed by atoms with van der Waals surface area (Å²) in [5.74, 6) is -1.16. The molecule has 0 amide bonds. The van der Waals surface area contributed by atoms with Crippen molar-refractivity contribution in [2.24, 2.45) is 0 Å². The Morgan fingerprint density at radius 1 is 1.10 bits per heavy atom. The fourth-order valence-corrected chi connectivity index (χ4v) is 3.61. The van der Waals surface area contributed by atoms with Gasteiger partial charge in [-0.3, -0.25) is 4.31 Å². The van der Waals surface area contributed by atoms with Crippen LogP contribution in [0.15, 0.2) is 47.4 Å². The number of anilines is 1. The molecule has 112 valence electrons. The average Bonchev–Trinajstić information content (AvgIpc) is 2.44. The lowest BCUT2D eigenvalue weighted by molar-refractivity contribution is 0.590. The molecular weight excluding hydrogens is 320 g/mol. The molecule has 0 saturated heterocycles. The molecule has 0 radical (unpaired) electrons. The molecule has 0 aliphatic carbocycles. The lowest BCUT2D eigenvalue weighted by Crippen LogP contribution is -2.30. The number of hydrogen-bond acceptors (Lipinski definition) is 2. The molecule has 0 aliphatic rings. The summed E-state index contributed by atoms with van der Waals surface area (Å²) in [5, 5.41) is -0.272. The van der Waals surface area contributed by atoms with E-state index in [1.807, 2.05) is 0 Å². The molecule has 2 aromatic rings. The van der Waals surface area contributed by atoms with Gasteiger partial charge in [-0.25, -0.2) is 17.2 Å². The van der Waals surface area contributed by atoms with Gasteiger partial charge in [-0.05, 0) is 49.4 Å². The van der Waals surface area contributed by atoms with Crippen LogP contribution in [0, 0.1) is 11.6 Å². The molecule has 0 saturated carbocycles. The number of rotatable bonds is 4. The van der Waals surface area contributed by atoms with Gasteiger partial charge in [-0.2, -0.15) is 0 Å². The van der Waals surface area contributed by atoms with Crippen LogP contribution in [0.2, 0.25) is 5.02 Å². The lowest BCUT2D eigenvalue weighted by Gasteiger charge is -2.23. The molecule has 0 atom stereocenters. The van der Waals surface area contributed by atoms with Gasteiger partial charge in [0.15, 0.2) is 0 Å². The Labute approximate surface area is 126 Å². The molecule has 7 heteroatoms. The molecule has 2 rings (SSSR count). The fourth-order valence-electron chi connectivity index (χ4n) is 1.86. The maximum Gasteiger partial charge on any atom is 0.264 e. The van der Waals surface area contributed by atoms with Crippen LogP contribution in [0.5, 0.6) is 0 Å². The molecule has 0 spiro atoms. The summed E-state index contributed by atoms with van der Waals surface area (Å²) in [4.78, 5) is -0.125. The van der Waals surface area contributed by atoms with Crippen molar-refractivity contribution in [3.8, 4) is 0 Å². The van der Waals surface area contributed by atoms with E-state index < -0.39 is 21.7 Å². The van der Waals surface area contributed by atoms with E-state index in [4.69, 9.17) is 11.6 Å². The third-order valence-corrected chi connectivity index (χ3v) is 5.07. The molecular formula is C14H12ClF2NO2S. The van der Waals surface area contributed by atoms with Crippen molar-refractivity contribution in [3.63, 3.8) is 0 Å². The van der Waals surface area contributed by atoms with Gasteiger partial charge < -0.3 is 0 Å². The Morgan fingerprint density at radius 3 is 2.24 bits per heavy atom. The smallest absolute Gasteiger partial charge is 0.264 e. The van der Waals surface area contributed by atoms with Crippen LogP contribution < -0.4 is 4.31 Å². The minimum Gasteiger partial charge on any atom is -0.267 e. The Balaban J connectivity index is 2.49. The third-order valence-electron chi connectivity index (χ3n) is 2.88. The maximum absolute atomic E-state index is 13.2. The molecule has 2 aromatic carbocycles. The average molecular weight is 332 g/mol. The van der Waals surface area contributed by atoms with Crippen molar-refractivity contribution in [1.29, 1.82) is 0 Å². The predicted molar refractivity (Wildman–Crippen MR) is 78.0 cm³/mol. The van der Waals surface area contributed by atoms with Crippen LogP contribution >= 0.6 is 11.6 Å². The highest BCUT2D eigenvalue weighted by atomic mass is 35.5. The number of halogens is 3. The van der Waals surface area contributed by atoms with Crippen LogP contribution in [0.4, 0.5) is 14.5 Å². The van der Waals surface area contributed by atoms with E-state index in [2.05, 4.69) is 0 Å². The third kappa shape index (κ3) is 3.16. The Morgan fingerprint density at radius 2 is 1.71 bits per heavy atom. The largest absolute Gasteiger partial charge is 0.267 e. The second kappa shape index (κ2) is 5.99. The molecule has 0 fully saturated rings. The molecule has 0 N–H and O–H groups in total. The zero-order valence-electron chi connectivity index (χ0n) is 11.1. The Kier molecular flexibility index (Phi) is 4.49. The zero-order chi connectivity index (χ0) is 15.6. The molecule has 0 bridgehead atoms. The summed E-state index contributed by atoms with van der Waals surface area (Å²) in [6.07, 6.45) is 0. The van der Waals surface area contributed by atoms with Crippen LogP contribution in [-0.4, -0.2) is 15.0 Å². The highest BCUT2D eigenvalue weighted by molar-refractivity contribution is 7.92. The topological polar surface area (TPSA) is 37.4 Å². The SMILES string of the molecule is CCN(c1ccc(F)cc1)S(=O)(=O)c1ccc(F)c(Cl)c1. The standard InChI is InChI=1S/C14H12ClF2NO2S/c1-2-18(11-5-3-10(16)4-6-11)21(19,20)12-7-8-14(17)13(15)9-12/h3-9H,2H2,1H3. The summed E-state index contributed by atoms with van der Waals surface area (Å²) < 4.78 is 52.3.